The molecule has 0 bridgehead atoms. The van der Waals surface area contributed by atoms with Gasteiger partial charge in [-0.15, -0.1) is 0 Å². The van der Waals surface area contributed by atoms with Gasteiger partial charge in [0.05, 0.1) is 10.0 Å². The molecule has 2 N–H and O–H groups in total. The summed E-state index contributed by atoms with van der Waals surface area (Å²) in [7, 11) is 0. The second kappa shape index (κ2) is 8.54. The monoisotopic (exact) mass is 391 g/mol. The van der Waals surface area contributed by atoms with Crippen LogP contribution in [0.5, 0.6) is 0 Å². The maximum absolute atomic E-state index is 12.8. The van der Waals surface area contributed by atoms with Crippen LogP contribution in [0.3, 0.4) is 0 Å². The van der Waals surface area contributed by atoms with Gasteiger partial charge in [-0.25, -0.2) is 0 Å². The van der Waals surface area contributed by atoms with Gasteiger partial charge in [0.1, 0.15) is 6.04 Å². The normalized spacial score (nSPS) is 17.0. The van der Waals surface area contributed by atoms with Gasteiger partial charge in [-0.1, -0.05) is 47.5 Å². The summed E-state index contributed by atoms with van der Waals surface area (Å²) in [5, 5.41) is 6.96. The molecule has 0 aliphatic carbocycles. The van der Waals surface area contributed by atoms with E-state index in [0.29, 0.717) is 41.8 Å². The highest BCUT2D eigenvalue weighted by atomic mass is 35.5. The Bertz CT molecular complexity index is 799. The molecule has 2 amide bonds. The van der Waals surface area contributed by atoms with E-state index >= 15 is 0 Å². The molecule has 136 valence electrons. The molecular weight excluding hydrogens is 373 g/mol. The van der Waals surface area contributed by atoms with Crippen LogP contribution in [0, 0.1) is 0 Å². The van der Waals surface area contributed by atoms with Gasteiger partial charge in [0.2, 0.25) is 5.91 Å². The van der Waals surface area contributed by atoms with Crippen LogP contribution >= 0.6 is 23.2 Å². The zero-order valence-corrected chi connectivity index (χ0v) is 15.6. The SMILES string of the molecule is O=C(NCc1ccc(Cl)c(Cl)c1)[C@H]1CNCCN1C(=O)c1ccccc1. The fourth-order valence-electron chi connectivity index (χ4n) is 2.88. The average Bonchev–Trinajstić information content (AvgIpc) is 2.68. The lowest BCUT2D eigenvalue weighted by molar-refractivity contribution is -0.126. The molecule has 26 heavy (non-hydrogen) atoms. The average molecular weight is 392 g/mol. The molecule has 0 spiro atoms. The number of rotatable bonds is 4. The third kappa shape index (κ3) is 4.36. The van der Waals surface area contributed by atoms with Gasteiger partial charge in [0.25, 0.3) is 5.91 Å². The fraction of sp³-hybridized carbons (Fsp3) is 0.263. The Morgan fingerprint density at radius 3 is 2.62 bits per heavy atom. The van der Waals surface area contributed by atoms with E-state index in [1.165, 1.54) is 0 Å². The molecule has 1 aliphatic rings. The molecule has 1 atom stereocenters. The van der Waals surface area contributed by atoms with Crippen molar-refractivity contribution in [1.82, 2.24) is 15.5 Å². The predicted octanol–water partition coefficient (Wildman–Crippen LogP) is 2.72. The van der Waals surface area contributed by atoms with Gasteiger partial charge in [-0.3, -0.25) is 9.59 Å². The minimum absolute atomic E-state index is 0.137. The van der Waals surface area contributed by atoms with E-state index in [9.17, 15) is 9.59 Å². The quantitative estimate of drug-likeness (QED) is 0.841. The first-order valence-corrected chi connectivity index (χ1v) is 9.10. The van der Waals surface area contributed by atoms with E-state index in [4.69, 9.17) is 23.2 Å². The molecule has 2 aromatic rings. The highest BCUT2D eigenvalue weighted by Gasteiger charge is 2.32. The maximum atomic E-state index is 12.8. The molecule has 0 aromatic heterocycles. The van der Waals surface area contributed by atoms with E-state index in [1.54, 1.807) is 35.2 Å². The van der Waals surface area contributed by atoms with Crippen molar-refractivity contribution in [3.8, 4) is 0 Å². The van der Waals surface area contributed by atoms with Crippen LogP contribution in [-0.4, -0.2) is 42.4 Å². The van der Waals surface area contributed by atoms with Crippen molar-refractivity contribution in [2.45, 2.75) is 12.6 Å². The van der Waals surface area contributed by atoms with Gasteiger partial charge < -0.3 is 15.5 Å². The number of benzene rings is 2. The van der Waals surface area contributed by atoms with E-state index in [2.05, 4.69) is 10.6 Å². The van der Waals surface area contributed by atoms with Crippen molar-refractivity contribution in [3.63, 3.8) is 0 Å². The zero-order chi connectivity index (χ0) is 18.5. The Morgan fingerprint density at radius 1 is 1.12 bits per heavy atom. The molecule has 1 fully saturated rings. The third-order valence-electron chi connectivity index (χ3n) is 4.28. The van der Waals surface area contributed by atoms with E-state index < -0.39 is 6.04 Å². The molecule has 1 saturated heterocycles. The van der Waals surface area contributed by atoms with Crippen LogP contribution in [0.1, 0.15) is 15.9 Å². The molecule has 3 rings (SSSR count). The summed E-state index contributed by atoms with van der Waals surface area (Å²) in [6, 6.07) is 13.7. The summed E-state index contributed by atoms with van der Waals surface area (Å²) in [6.45, 7) is 1.89. The second-order valence-corrected chi connectivity index (χ2v) is 6.87. The van der Waals surface area contributed by atoms with Crippen molar-refractivity contribution in [2.75, 3.05) is 19.6 Å². The Kier molecular flexibility index (Phi) is 6.14. The van der Waals surface area contributed by atoms with E-state index in [-0.39, 0.29) is 11.8 Å². The van der Waals surface area contributed by atoms with Gasteiger partial charge >= 0.3 is 0 Å². The number of hydrogen-bond donors (Lipinski definition) is 2. The standard InChI is InChI=1S/C19H19Cl2N3O2/c20-15-7-6-13(10-16(15)21)11-23-18(25)17-12-22-8-9-24(17)19(26)14-4-2-1-3-5-14/h1-7,10,17,22H,8-9,11-12H2,(H,23,25)/t17-/m1/s1. The molecule has 1 heterocycles. The first-order chi connectivity index (χ1) is 12.6. The largest absolute Gasteiger partial charge is 0.350 e. The lowest BCUT2D eigenvalue weighted by atomic mass is 10.1. The minimum Gasteiger partial charge on any atom is -0.350 e. The number of halogens is 2. The summed E-state index contributed by atoms with van der Waals surface area (Å²) in [4.78, 5) is 27.0. The summed E-state index contributed by atoms with van der Waals surface area (Å²) in [5.74, 6) is -0.339. The predicted molar refractivity (Wildman–Crippen MR) is 102 cm³/mol. The highest BCUT2D eigenvalue weighted by molar-refractivity contribution is 6.42. The van der Waals surface area contributed by atoms with Crippen molar-refractivity contribution in [2.24, 2.45) is 0 Å². The Labute approximate surface area is 162 Å². The first kappa shape index (κ1) is 18.7. The first-order valence-electron chi connectivity index (χ1n) is 8.34. The van der Waals surface area contributed by atoms with Crippen LogP contribution in [0.15, 0.2) is 48.5 Å². The van der Waals surface area contributed by atoms with Crippen LogP contribution in [0.4, 0.5) is 0 Å². The lowest BCUT2D eigenvalue weighted by Crippen LogP contribution is -2.59. The summed E-state index contributed by atoms with van der Waals surface area (Å²) < 4.78 is 0. The Hall–Kier alpha value is -2.08. The number of carbonyl (C=O) groups is 2. The number of carbonyl (C=O) groups excluding carboxylic acids is 2. The smallest absolute Gasteiger partial charge is 0.254 e. The molecule has 0 unspecified atom stereocenters. The van der Waals surface area contributed by atoms with Gasteiger partial charge in [0, 0.05) is 31.7 Å². The lowest BCUT2D eigenvalue weighted by Gasteiger charge is -2.35. The van der Waals surface area contributed by atoms with Crippen LogP contribution in [0.25, 0.3) is 0 Å². The number of hydrogen-bond acceptors (Lipinski definition) is 3. The molecule has 2 aromatic carbocycles. The van der Waals surface area contributed by atoms with Crippen molar-refractivity contribution in [1.29, 1.82) is 0 Å². The highest BCUT2D eigenvalue weighted by Crippen LogP contribution is 2.22. The molecule has 0 saturated carbocycles. The Balaban J connectivity index is 1.67. The van der Waals surface area contributed by atoms with Crippen molar-refractivity contribution >= 4 is 35.0 Å². The van der Waals surface area contributed by atoms with Gasteiger partial charge in [-0.05, 0) is 29.8 Å². The van der Waals surface area contributed by atoms with Gasteiger partial charge in [0.15, 0.2) is 0 Å². The molecule has 1 aliphatic heterocycles. The molecular formula is C19H19Cl2N3O2. The topological polar surface area (TPSA) is 61.4 Å². The molecule has 7 heteroatoms. The van der Waals surface area contributed by atoms with Crippen molar-refractivity contribution in [3.05, 3.63) is 69.7 Å². The summed E-state index contributed by atoms with van der Waals surface area (Å²) in [6.07, 6.45) is 0. The fourth-order valence-corrected chi connectivity index (χ4v) is 3.21. The summed E-state index contributed by atoms with van der Waals surface area (Å²) >= 11 is 11.9. The van der Waals surface area contributed by atoms with Crippen LogP contribution < -0.4 is 10.6 Å². The number of amides is 2. The summed E-state index contributed by atoms with van der Waals surface area (Å²) in [5.41, 5.74) is 1.43. The number of nitrogens with zero attached hydrogens (tertiary/aromatic N) is 1. The number of nitrogens with one attached hydrogen (secondary N) is 2. The number of piperazine rings is 1. The van der Waals surface area contributed by atoms with E-state index in [0.717, 1.165) is 5.56 Å². The maximum Gasteiger partial charge on any atom is 0.254 e. The second-order valence-electron chi connectivity index (χ2n) is 6.05. The molecule has 5 nitrogen and oxygen atoms in total. The van der Waals surface area contributed by atoms with Crippen LogP contribution in [0.2, 0.25) is 10.0 Å². The minimum atomic E-state index is -0.556. The third-order valence-corrected chi connectivity index (χ3v) is 5.02. The van der Waals surface area contributed by atoms with E-state index in [1.807, 2.05) is 18.2 Å². The Morgan fingerprint density at radius 2 is 1.88 bits per heavy atom. The van der Waals surface area contributed by atoms with Crippen molar-refractivity contribution < 1.29 is 9.59 Å². The zero-order valence-electron chi connectivity index (χ0n) is 14.0. The molecule has 0 radical (unpaired) electrons. The van der Waals surface area contributed by atoms with Gasteiger partial charge in [-0.2, -0.15) is 0 Å². The van der Waals surface area contributed by atoms with Crippen LogP contribution in [-0.2, 0) is 11.3 Å².